The largest absolute Gasteiger partial charge is 0.373 e. The van der Waals surface area contributed by atoms with E-state index in [9.17, 15) is 5.26 Å². The molecule has 1 aromatic rings. The number of nitriles is 1. The fourth-order valence-corrected chi connectivity index (χ4v) is 2.53. The SMILES string of the molecule is CC1(C)CN(CC(N)(C#N)c2ccccc2)CCO1. The van der Waals surface area contributed by atoms with Gasteiger partial charge in [0.2, 0.25) is 0 Å². The van der Waals surface area contributed by atoms with E-state index < -0.39 is 5.54 Å². The maximum atomic E-state index is 9.47. The van der Waals surface area contributed by atoms with Gasteiger partial charge in [-0.3, -0.25) is 4.90 Å². The number of hydrogen-bond donors (Lipinski definition) is 1. The first-order chi connectivity index (χ1) is 8.95. The minimum Gasteiger partial charge on any atom is -0.373 e. The lowest BCUT2D eigenvalue weighted by Crippen LogP contribution is -2.54. The van der Waals surface area contributed by atoms with Gasteiger partial charge >= 0.3 is 0 Å². The van der Waals surface area contributed by atoms with Gasteiger partial charge < -0.3 is 10.5 Å². The lowest BCUT2D eigenvalue weighted by molar-refractivity contribution is -0.0887. The number of rotatable bonds is 3. The minimum absolute atomic E-state index is 0.175. The Labute approximate surface area is 114 Å². The topological polar surface area (TPSA) is 62.3 Å². The van der Waals surface area contributed by atoms with Crippen LogP contribution in [0.25, 0.3) is 0 Å². The molecule has 0 saturated carbocycles. The predicted octanol–water partition coefficient (Wildman–Crippen LogP) is 1.47. The van der Waals surface area contributed by atoms with Crippen LogP contribution in [0.15, 0.2) is 30.3 Å². The Bertz CT molecular complexity index is 466. The van der Waals surface area contributed by atoms with Crippen molar-refractivity contribution < 1.29 is 4.74 Å². The molecule has 2 N–H and O–H groups in total. The molecule has 1 aromatic carbocycles. The van der Waals surface area contributed by atoms with E-state index in [0.717, 1.165) is 18.7 Å². The summed E-state index contributed by atoms with van der Waals surface area (Å²) in [4.78, 5) is 2.21. The highest BCUT2D eigenvalue weighted by atomic mass is 16.5. The van der Waals surface area contributed by atoms with Crippen LogP contribution in [-0.2, 0) is 10.3 Å². The van der Waals surface area contributed by atoms with Crippen molar-refractivity contribution in [3.8, 4) is 6.07 Å². The zero-order valence-corrected chi connectivity index (χ0v) is 11.6. The molecule has 0 spiro atoms. The first-order valence-electron chi connectivity index (χ1n) is 6.57. The Morgan fingerprint density at radius 3 is 2.68 bits per heavy atom. The van der Waals surface area contributed by atoms with Crippen LogP contribution in [0.2, 0.25) is 0 Å². The van der Waals surface area contributed by atoms with Gasteiger partial charge in [0.25, 0.3) is 0 Å². The molecule has 19 heavy (non-hydrogen) atoms. The predicted molar refractivity (Wildman–Crippen MR) is 74.4 cm³/mol. The number of nitrogens with two attached hydrogens (primary N) is 1. The number of morpholine rings is 1. The third-order valence-electron chi connectivity index (χ3n) is 3.47. The first-order valence-corrected chi connectivity index (χ1v) is 6.57. The lowest BCUT2D eigenvalue weighted by Gasteiger charge is -2.40. The zero-order valence-electron chi connectivity index (χ0n) is 11.6. The van der Waals surface area contributed by atoms with Gasteiger partial charge in [0.15, 0.2) is 0 Å². The van der Waals surface area contributed by atoms with E-state index in [1.165, 1.54) is 0 Å². The Morgan fingerprint density at radius 1 is 1.42 bits per heavy atom. The van der Waals surface area contributed by atoms with Crippen molar-refractivity contribution in [1.82, 2.24) is 4.90 Å². The molecule has 1 fully saturated rings. The van der Waals surface area contributed by atoms with E-state index in [1.54, 1.807) is 0 Å². The summed E-state index contributed by atoms with van der Waals surface area (Å²) in [6.45, 7) is 6.94. The summed E-state index contributed by atoms with van der Waals surface area (Å²) < 4.78 is 5.68. The molecule has 0 bridgehead atoms. The monoisotopic (exact) mass is 259 g/mol. The number of hydrogen-bond acceptors (Lipinski definition) is 4. The molecule has 1 aliphatic heterocycles. The third kappa shape index (κ3) is 3.32. The molecule has 0 radical (unpaired) electrons. The van der Waals surface area contributed by atoms with Crippen LogP contribution in [0.1, 0.15) is 19.4 Å². The fourth-order valence-electron chi connectivity index (χ4n) is 2.53. The highest BCUT2D eigenvalue weighted by molar-refractivity contribution is 5.31. The Morgan fingerprint density at radius 2 is 2.11 bits per heavy atom. The van der Waals surface area contributed by atoms with Crippen LogP contribution in [0.5, 0.6) is 0 Å². The minimum atomic E-state index is -0.964. The van der Waals surface area contributed by atoms with Gasteiger partial charge in [0, 0.05) is 19.6 Å². The van der Waals surface area contributed by atoms with Crippen molar-refractivity contribution in [1.29, 1.82) is 5.26 Å². The highest BCUT2D eigenvalue weighted by Gasteiger charge is 2.34. The van der Waals surface area contributed by atoms with E-state index >= 15 is 0 Å². The van der Waals surface area contributed by atoms with Crippen LogP contribution in [-0.4, -0.2) is 36.7 Å². The smallest absolute Gasteiger partial charge is 0.142 e. The van der Waals surface area contributed by atoms with Gasteiger partial charge in [0.05, 0.1) is 18.3 Å². The van der Waals surface area contributed by atoms with Crippen molar-refractivity contribution in [3.63, 3.8) is 0 Å². The average molecular weight is 259 g/mol. The molecule has 1 saturated heterocycles. The summed E-state index contributed by atoms with van der Waals surface area (Å²) in [5.41, 5.74) is 6.02. The summed E-state index contributed by atoms with van der Waals surface area (Å²) in [5.74, 6) is 0. The van der Waals surface area contributed by atoms with Crippen LogP contribution in [0, 0.1) is 11.3 Å². The molecule has 1 aliphatic rings. The molecule has 0 aromatic heterocycles. The molecule has 0 amide bonds. The molecular formula is C15H21N3O. The molecule has 4 heteroatoms. The summed E-state index contributed by atoms with van der Waals surface area (Å²) in [7, 11) is 0. The van der Waals surface area contributed by atoms with Crippen LogP contribution >= 0.6 is 0 Å². The van der Waals surface area contributed by atoms with Crippen molar-refractivity contribution in [2.24, 2.45) is 5.73 Å². The van der Waals surface area contributed by atoms with Gasteiger partial charge in [-0.05, 0) is 19.4 Å². The second-order valence-corrected chi connectivity index (χ2v) is 5.77. The molecule has 4 nitrogen and oxygen atoms in total. The van der Waals surface area contributed by atoms with Crippen LogP contribution in [0.4, 0.5) is 0 Å². The van der Waals surface area contributed by atoms with E-state index in [4.69, 9.17) is 10.5 Å². The first kappa shape index (κ1) is 14.0. The standard InChI is InChI=1S/C15H21N3O/c1-14(2)11-18(8-9-19-14)12-15(17,10-16)13-6-4-3-5-7-13/h3-7H,8-9,11-12,17H2,1-2H3. The maximum absolute atomic E-state index is 9.47. The summed E-state index contributed by atoms with van der Waals surface area (Å²) in [5, 5.41) is 9.47. The van der Waals surface area contributed by atoms with Crippen molar-refractivity contribution in [3.05, 3.63) is 35.9 Å². The Hall–Kier alpha value is -1.41. The van der Waals surface area contributed by atoms with Crippen molar-refractivity contribution in [2.45, 2.75) is 25.0 Å². The number of nitrogens with zero attached hydrogens (tertiary/aromatic N) is 2. The summed E-state index contributed by atoms with van der Waals surface area (Å²) in [6.07, 6.45) is 0. The molecule has 0 aliphatic carbocycles. The van der Waals surface area contributed by atoms with Gasteiger partial charge in [0.1, 0.15) is 5.54 Å². The third-order valence-corrected chi connectivity index (χ3v) is 3.47. The van der Waals surface area contributed by atoms with Crippen LogP contribution < -0.4 is 5.73 Å². The Balaban J connectivity index is 2.13. The van der Waals surface area contributed by atoms with E-state index in [2.05, 4.69) is 24.8 Å². The normalized spacial score (nSPS) is 22.4. The second kappa shape index (κ2) is 5.30. The van der Waals surface area contributed by atoms with Gasteiger partial charge in [-0.2, -0.15) is 5.26 Å². The highest BCUT2D eigenvalue weighted by Crippen LogP contribution is 2.23. The molecule has 2 rings (SSSR count). The van der Waals surface area contributed by atoms with E-state index in [0.29, 0.717) is 13.2 Å². The molecular weight excluding hydrogens is 238 g/mol. The number of ether oxygens (including phenoxy) is 1. The van der Waals surface area contributed by atoms with Gasteiger partial charge in [-0.1, -0.05) is 30.3 Å². The molecule has 102 valence electrons. The lowest BCUT2D eigenvalue weighted by atomic mass is 9.91. The average Bonchev–Trinajstić information content (AvgIpc) is 2.38. The Kier molecular flexibility index (Phi) is 3.91. The second-order valence-electron chi connectivity index (χ2n) is 5.77. The quantitative estimate of drug-likeness (QED) is 0.893. The summed E-state index contributed by atoms with van der Waals surface area (Å²) in [6, 6.07) is 11.8. The van der Waals surface area contributed by atoms with Crippen LogP contribution in [0.3, 0.4) is 0 Å². The summed E-state index contributed by atoms with van der Waals surface area (Å²) >= 11 is 0. The zero-order chi connectivity index (χ0) is 13.9. The van der Waals surface area contributed by atoms with Gasteiger partial charge in [-0.25, -0.2) is 0 Å². The maximum Gasteiger partial charge on any atom is 0.142 e. The molecule has 1 atom stereocenters. The number of benzene rings is 1. The molecule has 1 heterocycles. The molecule has 1 unspecified atom stereocenters. The van der Waals surface area contributed by atoms with E-state index in [1.807, 2.05) is 30.3 Å². The van der Waals surface area contributed by atoms with Crippen molar-refractivity contribution >= 4 is 0 Å². The van der Waals surface area contributed by atoms with Gasteiger partial charge in [-0.15, -0.1) is 0 Å². The fraction of sp³-hybridized carbons (Fsp3) is 0.533. The van der Waals surface area contributed by atoms with Crippen molar-refractivity contribution in [2.75, 3.05) is 26.2 Å². The van der Waals surface area contributed by atoms with E-state index in [-0.39, 0.29) is 5.60 Å².